The van der Waals surface area contributed by atoms with Crippen LogP contribution >= 0.6 is 0 Å². The van der Waals surface area contributed by atoms with Crippen molar-refractivity contribution in [2.24, 2.45) is 0 Å². The molecule has 0 aromatic rings. The Bertz CT molecular complexity index is 29.0. The van der Waals surface area contributed by atoms with E-state index in [1.807, 2.05) is 0 Å². The topological polar surface area (TPSA) is 39.4 Å². The molecule has 0 fully saturated rings. The van der Waals surface area contributed by atoms with Crippen molar-refractivity contribution in [1.82, 2.24) is 0 Å². The average Bonchev–Trinajstić information content (AvgIpc) is 0.918. The summed E-state index contributed by atoms with van der Waals surface area (Å²) >= 11 is 0. The molecule has 0 rings (SSSR count). The van der Waals surface area contributed by atoms with Crippen LogP contribution in [0.5, 0.6) is 0 Å². The van der Waals surface area contributed by atoms with Crippen LogP contribution in [0.4, 0.5) is 0 Å². The zero-order chi connectivity index (χ0) is 2.71. The molecule has 0 aliphatic rings. The fraction of sp³-hybridized carbons (Fsp3) is 0. The van der Waals surface area contributed by atoms with E-state index < -0.39 is 0 Å². The summed E-state index contributed by atoms with van der Waals surface area (Å²) < 4.78 is 0. The number of nitrogens with zero attached hydrogens (tertiary/aromatic N) is 1. The summed E-state index contributed by atoms with van der Waals surface area (Å²) in [5.41, 5.74) is 0. The average molecular weight is 93.0 g/mol. The van der Waals surface area contributed by atoms with Gasteiger partial charge in [0.15, 0.2) is 0 Å². The molecule has 0 aliphatic carbocycles. The maximum atomic E-state index is 8.24. The van der Waals surface area contributed by atoms with Crippen LogP contribution in [0.1, 0.15) is 0 Å². The molecule has 0 saturated carbocycles. The van der Waals surface area contributed by atoms with E-state index in [2.05, 4.69) is 0 Å². The van der Waals surface area contributed by atoms with Gasteiger partial charge in [-0.25, -0.2) is 0 Å². The summed E-state index contributed by atoms with van der Waals surface area (Å²) in [4.78, 5) is 8.24. The van der Waals surface area contributed by atoms with Gasteiger partial charge in [0, 0.05) is 18.6 Å². The Kier molecular flexibility index (Phi) is 27.8. The van der Waals surface area contributed by atoms with Crippen LogP contribution in [-0.4, -0.2) is 6.08 Å². The van der Waals surface area contributed by atoms with Gasteiger partial charge in [0.25, 0.3) is 0 Å². The molecule has 21 valence electrons. The summed E-state index contributed by atoms with van der Waals surface area (Å²) in [6.45, 7) is 0. The number of hydrogen-bond donors (Lipinski definition) is 0. The van der Waals surface area contributed by atoms with Crippen LogP contribution in [0.2, 0.25) is 0 Å². The fourth-order valence-electron chi connectivity index (χ4n) is 0. The second-order valence-electron chi connectivity index (χ2n) is 0.0913. The monoisotopic (exact) mass is 92.9 g/mol. The van der Waals surface area contributed by atoms with Gasteiger partial charge in [-0.05, 0) is 6.08 Å². The molecule has 0 amide bonds. The maximum absolute atomic E-state index is 8.24. The zero-order valence-electron chi connectivity index (χ0n) is 1.80. The van der Waals surface area contributed by atoms with Crippen LogP contribution in [0.15, 0.2) is 0 Å². The molecule has 0 heterocycles. The summed E-state index contributed by atoms with van der Waals surface area (Å²) in [7, 11) is 0. The zero-order valence-corrected chi connectivity index (χ0v) is 3.20. The Hall–Kier alpha value is -0.0356. The van der Waals surface area contributed by atoms with Gasteiger partial charge in [0.05, 0.1) is 0 Å². The normalized spacial score (nSPS) is 2.00. The summed E-state index contributed by atoms with van der Waals surface area (Å²) in [5, 5.41) is 6.76. The third kappa shape index (κ3) is 1440. The minimum absolute atomic E-state index is 0. The van der Waals surface area contributed by atoms with Gasteiger partial charge in [-0.3, -0.25) is 4.79 Å². The van der Waals surface area contributed by atoms with Crippen LogP contribution in [0.3, 0.4) is 0 Å². The van der Waals surface area contributed by atoms with Gasteiger partial charge in [0.2, 0.25) is 0 Å². The van der Waals surface area contributed by atoms with Gasteiger partial charge in [-0.1, -0.05) is 0 Å². The van der Waals surface area contributed by atoms with Crippen molar-refractivity contribution in [2.45, 2.75) is 0 Å². The Morgan fingerprint density at radius 1 is 1.75 bits per heavy atom. The Labute approximate surface area is 35.6 Å². The summed E-state index contributed by atoms with van der Waals surface area (Å²) in [6, 6.07) is 0. The van der Waals surface area contributed by atoms with E-state index in [4.69, 9.17) is 10.2 Å². The van der Waals surface area contributed by atoms with Crippen molar-refractivity contribution in [1.29, 1.82) is 0 Å². The Morgan fingerprint density at radius 3 is 1.75 bits per heavy atom. The van der Waals surface area contributed by atoms with Gasteiger partial charge >= 0.3 is 0 Å². The molecule has 1 radical (unpaired) electrons. The van der Waals surface area contributed by atoms with Crippen LogP contribution in [0.25, 0.3) is 5.41 Å². The van der Waals surface area contributed by atoms with Crippen molar-refractivity contribution in [3.63, 3.8) is 0 Å². The summed E-state index contributed by atoms with van der Waals surface area (Å²) in [5.74, 6) is 0. The molecule has 0 spiro atoms. The molecule has 0 bridgehead atoms. The van der Waals surface area contributed by atoms with Crippen LogP contribution in [-0.2, 0) is 23.4 Å². The molecule has 4 heavy (non-hydrogen) atoms. The fourth-order valence-corrected chi connectivity index (χ4v) is 0. The second-order valence-corrected chi connectivity index (χ2v) is 0.0913. The third-order valence-electron chi connectivity index (χ3n) is 0. The number of rotatable bonds is 0. The van der Waals surface area contributed by atoms with Crippen molar-refractivity contribution in [3.8, 4) is 0 Å². The first-order chi connectivity index (χ1) is 1.41. The molecular weight excluding hydrogens is 93.0 g/mol. The van der Waals surface area contributed by atoms with E-state index in [1.54, 1.807) is 0 Å². The largest absolute Gasteiger partial charge is 0.724 e. The molecule has 2 nitrogen and oxygen atoms in total. The van der Waals surface area contributed by atoms with E-state index in [-0.39, 0.29) is 18.6 Å². The number of isocyanates is 1. The van der Waals surface area contributed by atoms with E-state index in [1.165, 1.54) is 0 Å². The van der Waals surface area contributed by atoms with Gasteiger partial charge in [-0.15, -0.1) is 0 Å². The maximum Gasteiger partial charge on any atom is 0 e. The third-order valence-corrected chi connectivity index (χ3v) is 0. The predicted molar refractivity (Wildman–Crippen MR) is 9.05 cm³/mol. The Balaban J connectivity index is 0. The van der Waals surface area contributed by atoms with Gasteiger partial charge in [0.1, 0.15) is 0 Å². The molecular formula is CNOV-. The minimum Gasteiger partial charge on any atom is -0.724 e. The van der Waals surface area contributed by atoms with E-state index in [0.29, 0.717) is 6.08 Å². The molecule has 0 N–H and O–H groups in total. The van der Waals surface area contributed by atoms with Gasteiger partial charge < -0.3 is 5.41 Å². The Morgan fingerprint density at radius 2 is 1.75 bits per heavy atom. The van der Waals surface area contributed by atoms with E-state index in [0.717, 1.165) is 0 Å². The first kappa shape index (κ1) is 9.03. The van der Waals surface area contributed by atoms with Gasteiger partial charge in [-0.2, -0.15) is 0 Å². The summed E-state index contributed by atoms with van der Waals surface area (Å²) in [6.07, 6.45) is 0.500. The van der Waals surface area contributed by atoms with Crippen molar-refractivity contribution in [3.05, 3.63) is 5.41 Å². The second kappa shape index (κ2) is 12.3. The first-order valence-electron chi connectivity index (χ1n) is 0.428. The molecule has 0 aromatic heterocycles. The molecule has 0 atom stereocenters. The molecule has 0 aliphatic heterocycles. The SMILES string of the molecule is [N-]=C=O.[V]. The van der Waals surface area contributed by atoms with Crippen LogP contribution in [0, 0.1) is 0 Å². The van der Waals surface area contributed by atoms with E-state index >= 15 is 0 Å². The molecule has 0 saturated heterocycles. The number of carbonyl (C=O) groups excluding carboxylic acids is 1. The molecule has 3 heteroatoms. The molecule has 0 aromatic carbocycles. The molecule has 0 unspecified atom stereocenters. The quantitative estimate of drug-likeness (QED) is 0.304. The van der Waals surface area contributed by atoms with Crippen LogP contribution < -0.4 is 0 Å². The first-order valence-corrected chi connectivity index (χ1v) is 0.428. The van der Waals surface area contributed by atoms with Crippen molar-refractivity contribution >= 4 is 6.08 Å². The standard InChI is InChI=1S/CNO.V/c2-1-3;/q-1;. The minimum atomic E-state index is 0. The smallest absolute Gasteiger partial charge is 0 e. The predicted octanol–water partition coefficient (Wildman–Crippen LogP) is -0.111. The number of hydrogen-bond acceptors (Lipinski definition) is 1. The van der Waals surface area contributed by atoms with Crippen molar-refractivity contribution < 1.29 is 23.4 Å². The van der Waals surface area contributed by atoms with Crippen molar-refractivity contribution in [2.75, 3.05) is 0 Å². The van der Waals surface area contributed by atoms with E-state index in [9.17, 15) is 0 Å².